The molecule has 2 aromatic rings. The average Bonchev–Trinajstić information content (AvgIpc) is 3.12. The zero-order chi connectivity index (χ0) is 18.4. The van der Waals surface area contributed by atoms with Gasteiger partial charge in [-0.25, -0.2) is 0 Å². The number of para-hydroxylation sites is 2. The number of nitrogens with one attached hydrogen (secondary N) is 3. The number of carbonyl (C=O) groups excluding carboxylic acids is 2. The second kappa shape index (κ2) is 8.25. The summed E-state index contributed by atoms with van der Waals surface area (Å²) in [5.41, 5.74) is 4.97. The fraction of sp³-hybridized carbons (Fsp3) is 0.250. The van der Waals surface area contributed by atoms with Crippen molar-refractivity contribution in [2.45, 2.75) is 19.9 Å². The Bertz CT molecular complexity index is 761. The van der Waals surface area contributed by atoms with E-state index in [2.05, 4.69) is 16.2 Å². The average molecular weight is 362 g/mol. The van der Waals surface area contributed by atoms with E-state index in [1.807, 2.05) is 0 Å². The molecule has 3 N–H and O–H groups in total. The molecule has 1 heterocycles. The molecule has 0 aliphatic carbocycles. The molecule has 1 atom stereocenters. The zero-order valence-electron chi connectivity index (χ0n) is 13.7. The standard InChI is InChI=1S/C16H18N4O4S/c1-10(2)14(17-15(21)13-8-5-9-25-13)16(22)19-18-11-6-3-4-7-12(11)20(23)24/h3-10,14,18H,1-2H3,(H,17,21)(H,19,22). The Morgan fingerprint density at radius 1 is 1.16 bits per heavy atom. The summed E-state index contributed by atoms with van der Waals surface area (Å²) in [4.78, 5) is 35.5. The van der Waals surface area contributed by atoms with E-state index >= 15 is 0 Å². The van der Waals surface area contributed by atoms with Gasteiger partial charge in [0, 0.05) is 6.07 Å². The third kappa shape index (κ3) is 4.77. The highest BCUT2D eigenvalue weighted by molar-refractivity contribution is 7.12. The van der Waals surface area contributed by atoms with E-state index in [1.54, 1.807) is 37.4 Å². The van der Waals surface area contributed by atoms with Crippen molar-refractivity contribution in [2.24, 2.45) is 5.92 Å². The van der Waals surface area contributed by atoms with Gasteiger partial charge in [0.15, 0.2) is 0 Å². The number of hydrogen-bond donors (Lipinski definition) is 3. The van der Waals surface area contributed by atoms with Crippen LogP contribution in [0.4, 0.5) is 11.4 Å². The lowest BCUT2D eigenvalue weighted by molar-refractivity contribution is -0.384. The van der Waals surface area contributed by atoms with Gasteiger partial charge < -0.3 is 5.32 Å². The van der Waals surface area contributed by atoms with Gasteiger partial charge in [0.25, 0.3) is 17.5 Å². The molecule has 0 bridgehead atoms. The van der Waals surface area contributed by atoms with E-state index in [1.165, 1.54) is 29.5 Å². The third-order valence-corrected chi connectivity index (χ3v) is 4.27. The van der Waals surface area contributed by atoms with Gasteiger partial charge >= 0.3 is 0 Å². The lowest BCUT2D eigenvalue weighted by Gasteiger charge is -2.21. The van der Waals surface area contributed by atoms with Crippen molar-refractivity contribution < 1.29 is 14.5 Å². The van der Waals surface area contributed by atoms with Crippen molar-refractivity contribution >= 4 is 34.5 Å². The summed E-state index contributed by atoms with van der Waals surface area (Å²) >= 11 is 1.28. The molecular weight excluding hydrogens is 344 g/mol. The van der Waals surface area contributed by atoms with Crippen molar-refractivity contribution in [3.8, 4) is 0 Å². The van der Waals surface area contributed by atoms with E-state index in [9.17, 15) is 19.7 Å². The van der Waals surface area contributed by atoms with Gasteiger partial charge in [-0.1, -0.05) is 32.0 Å². The molecule has 2 amide bonds. The Morgan fingerprint density at radius 3 is 2.48 bits per heavy atom. The van der Waals surface area contributed by atoms with Crippen LogP contribution in [0.25, 0.3) is 0 Å². The van der Waals surface area contributed by atoms with Gasteiger partial charge in [-0.05, 0) is 23.4 Å². The first kappa shape index (κ1) is 18.4. The Labute approximate surface area is 148 Å². The van der Waals surface area contributed by atoms with E-state index in [0.29, 0.717) is 4.88 Å². The van der Waals surface area contributed by atoms with E-state index < -0.39 is 16.9 Å². The van der Waals surface area contributed by atoms with Crippen LogP contribution in [0.2, 0.25) is 0 Å². The number of carbonyl (C=O) groups is 2. The number of nitro groups is 1. The Kier molecular flexibility index (Phi) is 6.07. The van der Waals surface area contributed by atoms with Crippen LogP contribution in [-0.2, 0) is 4.79 Å². The van der Waals surface area contributed by atoms with Crippen molar-refractivity contribution in [1.82, 2.24) is 10.7 Å². The van der Waals surface area contributed by atoms with Crippen LogP contribution >= 0.6 is 11.3 Å². The minimum Gasteiger partial charge on any atom is -0.339 e. The Morgan fingerprint density at radius 2 is 1.88 bits per heavy atom. The minimum absolute atomic E-state index is 0.160. The number of benzene rings is 1. The highest BCUT2D eigenvalue weighted by Gasteiger charge is 2.25. The lowest BCUT2D eigenvalue weighted by atomic mass is 10.0. The SMILES string of the molecule is CC(C)C(NC(=O)c1cccs1)C(=O)NNc1ccccc1[N+](=O)[O-]. The quantitative estimate of drug-likeness (QED) is 0.517. The molecule has 0 fully saturated rings. The molecular formula is C16H18N4O4S. The highest BCUT2D eigenvalue weighted by Crippen LogP contribution is 2.22. The predicted octanol–water partition coefficient (Wildman–Crippen LogP) is 2.55. The molecule has 1 aromatic carbocycles. The Balaban J connectivity index is 2.04. The summed E-state index contributed by atoms with van der Waals surface area (Å²) in [5, 5.41) is 15.4. The van der Waals surface area contributed by atoms with E-state index in [4.69, 9.17) is 0 Å². The fourth-order valence-electron chi connectivity index (χ4n) is 2.10. The molecule has 132 valence electrons. The van der Waals surface area contributed by atoms with Gasteiger partial charge in [0.05, 0.1) is 9.80 Å². The smallest absolute Gasteiger partial charge is 0.294 e. The molecule has 0 saturated heterocycles. The molecule has 0 aliphatic rings. The normalized spacial score (nSPS) is 11.6. The van der Waals surface area contributed by atoms with Crippen LogP contribution in [0, 0.1) is 16.0 Å². The monoisotopic (exact) mass is 362 g/mol. The lowest BCUT2D eigenvalue weighted by Crippen LogP contribution is -2.51. The largest absolute Gasteiger partial charge is 0.339 e. The molecule has 1 unspecified atom stereocenters. The number of rotatable bonds is 7. The van der Waals surface area contributed by atoms with Crippen LogP contribution < -0.4 is 16.2 Å². The van der Waals surface area contributed by atoms with Gasteiger partial charge in [-0.2, -0.15) is 0 Å². The van der Waals surface area contributed by atoms with Crippen LogP contribution in [0.3, 0.4) is 0 Å². The topological polar surface area (TPSA) is 113 Å². The maximum absolute atomic E-state index is 12.4. The van der Waals surface area contributed by atoms with Crippen LogP contribution in [0.1, 0.15) is 23.5 Å². The van der Waals surface area contributed by atoms with Crippen molar-refractivity contribution in [1.29, 1.82) is 0 Å². The second-order valence-corrected chi connectivity index (χ2v) is 6.51. The van der Waals surface area contributed by atoms with E-state index in [0.717, 1.165) is 0 Å². The minimum atomic E-state index is -0.787. The van der Waals surface area contributed by atoms with Crippen LogP contribution in [0.5, 0.6) is 0 Å². The van der Waals surface area contributed by atoms with E-state index in [-0.39, 0.29) is 23.2 Å². The molecule has 0 aliphatic heterocycles. The zero-order valence-corrected chi connectivity index (χ0v) is 14.5. The summed E-state index contributed by atoms with van der Waals surface area (Å²) < 4.78 is 0. The summed E-state index contributed by atoms with van der Waals surface area (Å²) in [7, 11) is 0. The van der Waals surface area contributed by atoms with Crippen LogP contribution in [0.15, 0.2) is 41.8 Å². The first-order valence-corrected chi connectivity index (χ1v) is 8.41. The molecule has 0 saturated carbocycles. The Hall–Kier alpha value is -2.94. The first-order chi connectivity index (χ1) is 11.9. The van der Waals surface area contributed by atoms with Crippen molar-refractivity contribution in [2.75, 3.05) is 5.43 Å². The van der Waals surface area contributed by atoms with Gasteiger partial charge in [-0.15, -0.1) is 11.3 Å². The maximum Gasteiger partial charge on any atom is 0.294 e. The van der Waals surface area contributed by atoms with Crippen molar-refractivity contribution in [3.05, 3.63) is 56.8 Å². The predicted molar refractivity (Wildman–Crippen MR) is 95.3 cm³/mol. The maximum atomic E-state index is 12.4. The molecule has 0 radical (unpaired) electrons. The molecule has 25 heavy (non-hydrogen) atoms. The highest BCUT2D eigenvalue weighted by atomic mass is 32.1. The summed E-state index contributed by atoms with van der Waals surface area (Å²) in [6.07, 6.45) is 0. The summed E-state index contributed by atoms with van der Waals surface area (Å²) in [6.45, 7) is 3.59. The number of nitro benzene ring substituents is 1. The molecule has 1 aromatic heterocycles. The summed E-state index contributed by atoms with van der Waals surface area (Å²) in [6, 6.07) is 8.58. The number of thiophene rings is 1. The molecule has 9 heteroatoms. The first-order valence-electron chi connectivity index (χ1n) is 7.53. The number of nitrogens with zero attached hydrogens (tertiary/aromatic N) is 1. The summed E-state index contributed by atoms with van der Waals surface area (Å²) in [5.74, 6) is -0.996. The fourth-order valence-corrected chi connectivity index (χ4v) is 2.73. The molecule has 0 spiro atoms. The van der Waals surface area contributed by atoms with Gasteiger partial charge in [0.2, 0.25) is 0 Å². The molecule has 2 rings (SSSR count). The number of amides is 2. The third-order valence-electron chi connectivity index (χ3n) is 3.40. The van der Waals surface area contributed by atoms with Gasteiger partial charge in [0.1, 0.15) is 11.7 Å². The number of anilines is 1. The van der Waals surface area contributed by atoms with Crippen LogP contribution in [-0.4, -0.2) is 22.8 Å². The molecule has 8 nitrogen and oxygen atoms in total. The number of hydrazine groups is 1. The van der Waals surface area contributed by atoms with Gasteiger partial charge in [-0.3, -0.25) is 30.6 Å². The van der Waals surface area contributed by atoms with Crippen molar-refractivity contribution in [3.63, 3.8) is 0 Å². The second-order valence-electron chi connectivity index (χ2n) is 5.56. The number of hydrogen-bond acceptors (Lipinski definition) is 6.